The largest absolute Gasteiger partial charge is 0.309 e. The first kappa shape index (κ1) is 36.6. The van der Waals surface area contributed by atoms with Crippen LogP contribution in [0.4, 0.5) is 0 Å². The molecular formula is C57H40N6. The molecule has 0 saturated heterocycles. The summed E-state index contributed by atoms with van der Waals surface area (Å²) < 4.78 is 4.69. The Kier molecular flexibility index (Phi) is 8.75. The van der Waals surface area contributed by atoms with Gasteiger partial charge >= 0.3 is 0 Å². The standard InChI is InChI=1S/C57H40N6/c1-37-27-30-51-48(33-37)54-45(41-19-13-20-42(34-41)57-60-55(38-15-5-2-6-16-38)59-56(61-57)39-17-7-3-8-18-39)24-14-26-52(54)63(51)53-32-29-43(36-58-53)40-28-31-50-47(35-40)46-23-11-12-25-49(46)62(50)44-21-9-4-10-22-44/h2-26,28-37H,27H2,1H3. The van der Waals surface area contributed by atoms with Crippen LogP contribution in [0.5, 0.6) is 0 Å². The Hall–Kier alpha value is -8.22. The molecule has 0 saturated carbocycles. The zero-order valence-corrected chi connectivity index (χ0v) is 34.6. The predicted molar refractivity (Wildman–Crippen MR) is 258 cm³/mol. The quantitative estimate of drug-likeness (QED) is 0.161. The molecule has 0 radical (unpaired) electrons. The minimum absolute atomic E-state index is 0.409. The molecule has 63 heavy (non-hydrogen) atoms. The van der Waals surface area contributed by atoms with Crippen LogP contribution >= 0.6 is 0 Å². The fraction of sp³-hybridized carbons (Fsp3) is 0.0526. The van der Waals surface area contributed by atoms with Gasteiger partial charge in [-0.3, -0.25) is 4.57 Å². The van der Waals surface area contributed by atoms with Gasteiger partial charge in [-0.1, -0.05) is 153 Å². The average Bonchev–Trinajstić information content (AvgIpc) is 3.87. The summed E-state index contributed by atoms with van der Waals surface area (Å²) in [7, 11) is 0. The minimum Gasteiger partial charge on any atom is -0.309 e. The third-order valence-corrected chi connectivity index (χ3v) is 12.3. The van der Waals surface area contributed by atoms with Gasteiger partial charge in [0.2, 0.25) is 0 Å². The molecule has 0 fully saturated rings. The van der Waals surface area contributed by atoms with Gasteiger partial charge in [0.25, 0.3) is 0 Å². The SMILES string of the molecule is CC1C=c2c(n(-c3ccc(-c4ccc5c(c4)c4ccccc4n5-c4ccccc4)cn3)c3cccc(-c4cccc(-c5nc(-c6ccccc6)nc(-c6ccccc6)n5)c4)c23)=CC1. The molecule has 6 nitrogen and oxygen atoms in total. The molecule has 4 heterocycles. The first-order valence-corrected chi connectivity index (χ1v) is 21.5. The average molecular weight is 809 g/mol. The third-order valence-electron chi connectivity index (χ3n) is 12.3. The molecule has 0 amide bonds. The van der Waals surface area contributed by atoms with Crippen molar-refractivity contribution < 1.29 is 0 Å². The van der Waals surface area contributed by atoms with Gasteiger partial charge in [0, 0.05) is 55.5 Å². The fourth-order valence-electron chi connectivity index (χ4n) is 9.36. The third kappa shape index (κ3) is 6.34. The molecule has 1 aliphatic carbocycles. The number of hydrogen-bond donors (Lipinski definition) is 0. The molecule has 0 bridgehead atoms. The second-order valence-electron chi connectivity index (χ2n) is 16.4. The van der Waals surface area contributed by atoms with Gasteiger partial charge in [-0.15, -0.1) is 0 Å². The van der Waals surface area contributed by atoms with Crippen LogP contribution in [-0.2, 0) is 0 Å². The van der Waals surface area contributed by atoms with Crippen molar-refractivity contribution in [3.05, 3.63) is 205 Å². The van der Waals surface area contributed by atoms with Crippen LogP contribution in [0.15, 0.2) is 194 Å². The van der Waals surface area contributed by atoms with Crippen LogP contribution in [0.3, 0.4) is 0 Å². The number of para-hydroxylation sites is 2. The monoisotopic (exact) mass is 808 g/mol. The predicted octanol–water partition coefficient (Wildman–Crippen LogP) is 12.2. The normalized spacial score (nSPS) is 13.5. The number of benzene rings is 7. The highest BCUT2D eigenvalue weighted by atomic mass is 15.1. The van der Waals surface area contributed by atoms with E-state index in [1.54, 1.807) is 0 Å². The van der Waals surface area contributed by atoms with E-state index in [0.29, 0.717) is 23.4 Å². The van der Waals surface area contributed by atoms with Crippen LogP contribution < -0.4 is 10.6 Å². The Labute approximate surface area is 364 Å². The summed E-state index contributed by atoms with van der Waals surface area (Å²) in [6, 6.07) is 65.9. The van der Waals surface area contributed by atoms with Crippen molar-refractivity contribution in [1.29, 1.82) is 0 Å². The molecule has 4 aromatic heterocycles. The number of aromatic nitrogens is 6. The van der Waals surface area contributed by atoms with E-state index in [1.165, 1.54) is 37.8 Å². The van der Waals surface area contributed by atoms with Gasteiger partial charge in [0.1, 0.15) is 5.82 Å². The minimum atomic E-state index is 0.409. The summed E-state index contributed by atoms with van der Waals surface area (Å²) in [5.41, 5.74) is 12.0. The molecule has 298 valence electrons. The zero-order valence-electron chi connectivity index (χ0n) is 34.6. The summed E-state index contributed by atoms with van der Waals surface area (Å²) >= 11 is 0. The van der Waals surface area contributed by atoms with Crippen molar-refractivity contribution in [3.63, 3.8) is 0 Å². The number of pyridine rings is 1. The van der Waals surface area contributed by atoms with Crippen molar-refractivity contribution in [3.8, 4) is 67.9 Å². The molecule has 1 atom stereocenters. The van der Waals surface area contributed by atoms with Crippen molar-refractivity contribution in [1.82, 2.24) is 29.1 Å². The molecule has 11 aromatic rings. The van der Waals surface area contributed by atoms with Gasteiger partial charge in [-0.25, -0.2) is 19.9 Å². The van der Waals surface area contributed by atoms with E-state index in [9.17, 15) is 0 Å². The lowest BCUT2D eigenvalue weighted by Crippen LogP contribution is -2.32. The summed E-state index contributed by atoms with van der Waals surface area (Å²) in [5.74, 6) is 3.23. The summed E-state index contributed by atoms with van der Waals surface area (Å²) in [6.45, 7) is 2.29. The van der Waals surface area contributed by atoms with Crippen LogP contribution in [0.1, 0.15) is 13.3 Å². The van der Waals surface area contributed by atoms with E-state index < -0.39 is 0 Å². The maximum absolute atomic E-state index is 5.19. The van der Waals surface area contributed by atoms with Gasteiger partial charge in [-0.05, 0) is 83.6 Å². The molecule has 12 rings (SSSR count). The summed E-state index contributed by atoms with van der Waals surface area (Å²) in [5, 5.41) is 6.09. The van der Waals surface area contributed by atoms with Crippen LogP contribution in [0.2, 0.25) is 0 Å². The number of nitrogens with zero attached hydrogens (tertiary/aromatic N) is 6. The highest BCUT2D eigenvalue weighted by molar-refractivity contribution is 6.10. The molecule has 0 spiro atoms. The molecule has 6 heteroatoms. The van der Waals surface area contributed by atoms with E-state index >= 15 is 0 Å². The van der Waals surface area contributed by atoms with Crippen molar-refractivity contribution >= 4 is 44.9 Å². The van der Waals surface area contributed by atoms with Crippen molar-refractivity contribution in [2.24, 2.45) is 5.92 Å². The highest BCUT2D eigenvalue weighted by Crippen LogP contribution is 2.36. The molecule has 1 aliphatic rings. The van der Waals surface area contributed by atoms with E-state index in [-0.39, 0.29) is 0 Å². The molecule has 1 unspecified atom stereocenters. The Bertz CT molecular complexity index is 3590. The topological polar surface area (TPSA) is 61.4 Å². The van der Waals surface area contributed by atoms with Gasteiger partial charge in [0.05, 0.1) is 21.9 Å². The molecule has 0 aliphatic heterocycles. The Morgan fingerprint density at radius 2 is 1.06 bits per heavy atom. The first-order chi connectivity index (χ1) is 31.1. The van der Waals surface area contributed by atoms with Crippen LogP contribution in [0.25, 0.3) is 113 Å². The summed E-state index contributed by atoms with van der Waals surface area (Å²) in [6.07, 6.45) is 7.81. The lowest BCUT2D eigenvalue weighted by Gasteiger charge is -2.11. The second kappa shape index (κ2) is 15.0. The highest BCUT2D eigenvalue weighted by Gasteiger charge is 2.20. The summed E-state index contributed by atoms with van der Waals surface area (Å²) in [4.78, 5) is 20.2. The maximum Gasteiger partial charge on any atom is 0.164 e. The fourth-order valence-corrected chi connectivity index (χ4v) is 9.36. The second-order valence-corrected chi connectivity index (χ2v) is 16.4. The Morgan fingerprint density at radius 3 is 1.79 bits per heavy atom. The van der Waals surface area contributed by atoms with Gasteiger partial charge in [-0.2, -0.15) is 0 Å². The smallest absolute Gasteiger partial charge is 0.164 e. The lowest BCUT2D eigenvalue weighted by atomic mass is 9.96. The van der Waals surface area contributed by atoms with E-state index in [0.717, 1.165) is 62.4 Å². The Morgan fingerprint density at radius 1 is 0.460 bits per heavy atom. The van der Waals surface area contributed by atoms with Crippen molar-refractivity contribution in [2.75, 3.05) is 0 Å². The number of rotatable bonds is 7. The number of fused-ring (bicyclic) bond motifs is 6. The lowest BCUT2D eigenvalue weighted by molar-refractivity contribution is 0.794. The van der Waals surface area contributed by atoms with E-state index in [4.69, 9.17) is 19.9 Å². The van der Waals surface area contributed by atoms with Crippen molar-refractivity contribution in [2.45, 2.75) is 13.3 Å². The number of hydrogen-bond acceptors (Lipinski definition) is 4. The van der Waals surface area contributed by atoms with E-state index in [1.807, 2.05) is 66.9 Å². The zero-order chi connectivity index (χ0) is 41.9. The van der Waals surface area contributed by atoms with E-state index in [2.05, 4.69) is 156 Å². The first-order valence-electron chi connectivity index (χ1n) is 21.5. The van der Waals surface area contributed by atoms with Gasteiger partial charge in [0.15, 0.2) is 17.5 Å². The molecule has 0 N–H and O–H groups in total. The maximum atomic E-state index is 5.19. The Balaban J connectivity index is 0.960. The molecule has 7 aromatic carbocycles. The van der Waals surface area contributed by atoms with Crippen LogP contribution in [0, 0.1) is 5.92 Å². The molecular weight excluding hydrogens is 769 g/mol. The van der Waals surface area contributed by atoms with Crippen LogP contribution in [-0.4, -0.2) is 29.1 Å². The van der Waals surface area contributed by atoms with Gasteiger partial charge < -0.3 is 4.57 Å².